The van der Waals surface area contributed by atoms with Gasteiger partial charge in [0.15, 0.2) is 5.75 Å². The second-order valence-electron chi connectivity index (χ2n) is 7.96. The molecule has 0 spiro atoms. The lowest BCUT2D eigenvalue weighted by Crippen LogP contribution is -2.04. The molecule has 0 aliphatic rings. The maximum Gasteiger partial charge on any atom is 0.192 e. The molecule has 0 aromatic heterocycles. The van der Waals surface area contributed by atoms with Crippen molar-refractivity contribution in [1.29, 1.82) is 5.26 Å². The second-order valence-corrected chi connectivity index (χ2v) is 7.96. The first kappa shape index (κ1) is 25.2. The summed E-state index contributed by atoms with van der Waals surface area (Å²) in [6.45, 7) is 1.98. The molecule has 34 heavy (non-hydrogen) atoms. The highest BCUT2D eigenvalue weighted by Crippen LogP contribution is 2.39. The largest absolute Gasteiger partial charge is 0.289 e. The molecule has 0 N–H and O–H groups in total. The van der Waals surface area contributed by atoms with Gasteiger partial charge in [0.25, 0.3) is 0 Å². The van der Waals surface area contributed by atoms with E-state index in [0.29, 0.717) is 24.5 Å². The third kappa shape index (κ3) is 5.19. The van der Waals surface area contributed by atoms with Crippen LogP contribution in [-0.4, -0.2) is 0 Å². The first-order chi connectivity index (χ1) is 16.2. The van der Waals surface area contributed by atoms with E-state index >= 15 is 4.39 Å². The number of benzene rings is 3. The topological polar surface area (TPSA) is 43.7 Å². The Morgan fingerprint density at radius 3 is 1.82 bits per heavy atom. The second kappa shape index (κ2) is 10.6. The average molecular weight is 476 g/mol. The van der Waals surface area contributed by atoms with E-state index in [4.69, 9.17) is 5.26 Å². The Kier molecular flexibility index (Phi) is 7.87. The molecule has 0 unspecified atom stereocenters. The van der Waals surface area contributed by atoms with Crippen LogP contribution in [0.3, 0.4) is 0 Å². The number of halogens is 6. The fourth-order valence-electron chi connectivity index (χ4n) is 3.83. The van der Waals surface area contributed by atoms with Crippen molar-refractivity contribution in [2.24, 2.45) is 0 Å². The third-order valence-corrected chi connectivity index (χ3v) is 5.58. The lowest BCUT2D eigenvalue weighted by atomic mass is 9.94. The van der Waals surface area contributed by atoms with Gasteiger partial charge in [-0.05, 0) is 61.1 Å². The van der Waals surface area contributed by atoms with Gasteiger partial charge in [0.05, 0.1) is 11.1 Å². The minimum absolute atomic E-state index is 0.00865. The maximum atomic E-state index is 15.2. The van der Waals surface area contributed by atoms with Crippen molar-refractivity contribution in [2.75, 3.05) is 0 Å². The van der Waals surface area contributed by atoms with Crippen molar-refractivity contribution in [3.8, 4) is 22.9 Å². The molecular weight excluding hydrogens is 456 g/mol. The zero-order valence-corrected chi connectivity index (χ0v) is 18.3. The van der Waals surface area contributed by atoms with Crippen LogP contribution in [0.15, 0.2) is 30.3 Å². The summed E-state index contributed by atoms with van der Waals surface area (Å²) in [5.74, 6) is -8.44. The summed E-state index contributed by atoms with van der Waals surface area (Å²) >= 11 is 0. The number of nitrogens with zero attached hydrogens (tertiary/aromatic N) is 1. The van der Waals surface area contributed by atoms with Crippen LogP contribution in [0.5, 0.6) is 5.75 Å². The van der Waals surface area contributed by atoms with Crippen LogP contribution in [0.4, 0.5) is 26.3 Å². The molecule has 0 amide bonds. The van der Waals surface area contributed by atoms with E-state index in [0.717, 1.165) is 37.1 Å². The smallest absolute Gasteiger partial charge is 0.192 e. The van der Waals surface area contributed by atoms with Gasteiger partial charge in [0.1, 0.15) is 46.5 Å². The number of hydrogen-bond acceptors (Lipinski definition) is 1. The average Bonchev–Trinajstić information content (AvgIpc) is 2.75. The molecular formula is C26H20F6NO. The highest BCUT2D eigenvalue weighted by Gasteiger charge is 2.26. The van der Waals surface area contributed by atoms with Crippen LogP contribution in [0.1, 0.15) is 48.4 Å². The van der Waals surface area contributed by atoms with Gasteiger partial charge < -0.3 is 0 Å². The van der Waals surface area contributed by atoms with Gasteiger partial charge in [-0.2, -0.15) is 5.26 Å². The zero-order valence-electron chi connectivity index (χ0n) is 18.3. The van der Waals surface area contributed by atoms with Crippen LogP contribution >= 0.6 is 0 Å². The van der Waals surface area contributed by atoms with E-state index in [1.807, 2.05) is 6.92 Å². The molecule has 3 aromatic rings. The first-order valence-electron chi connectivity index (χ1n) is 10.7. The van der Waals surface area contributed by atoms with Gasteiger partial charge in [0.2, 0.25) is 0 Å². The summed E-state index contributed by atoms with van der Waals surface area (Å²) in [7, 11) is 0. The van der Waals surface area contributed by atoms with Crippen molar-refractivity contribution in [1.82, 2.24) is 0 Å². The van der Waals surface area contributed by atoms with E-state index in [1.54, 1.807) is 0 Å². The number of rotatable bonds is 8. The molecule has 0 atom stereocenters. The Morgan fingerprint density at radius 2 is 1.26 bits per heavy atom. The van der Waals surface area contributed by atoms with E-state index in [-0.39, 0.29) is 12.0 Å². The van der Waals surface area contributed by atoms with Crippen molar-refractivity contribution in [3.05, 3.63) is 87.5 Å². The van der Waals surface area contributed by atoms with Crippen LogP contribution in [0, 0.1) is 46.2 Å². The van der Waals surface area contributed by atoms with Crippen molar-refractivity contribution in [2.45, 2.75) is 45.4 Å². The third-order valence-electron chi connectivity index (χ3n) is 5.58. The SMILES string of the molecule is CCCCCc1cc(F)c(-c2c([O])cc(F)c(CCc3cc(F)c(C#N)c(F)c3)c2F)c(F)c1. The van der Waals surface area contributed by atoms with Crippen molar-refractivity contribution < 1.29 is 31.4 Å². The molecule has 8 heteroatoms. The van der Waals surface area contributed by atoms with Crippen molar-refractivity contribution >= 4 is 0 Å². The predicted octanol–water partition coefficient (Wildman–Crippen LogP) is 7.72. The number of hydrogen-bond donors (Lipinski definition) is 0. The summed E-state index contributed by atoms with van der Waals surface area (Å²) in [4.78, 5) is 0. The number of unbranched alkanes of at least 4 members (excludes halogenated alkanes) is 2. The fraction of sp³-hybridized carbons (Fsp3) is 0.269. The highest BCUT2D eigenvalue weighted by molar-refractivity contribution is 5.73. The molecule has 0 fully saturated rings. The summed E-state index contributed by atoms with van der Waals surface area (Å²) in [6.07, 6.45) is 2.17. The molecule has 3 aromatic carbocycles. The van der Waals surface area contributed by atoms with Crippen LogP contribution in [-0.2, 0) is 24.4 Å². The molecule has 1 radical (unpaired) electrons. The van der Waals surface area contributed by atoms with Gasteiger partial charge >= 0.3 is 0 Å². The van der Waals surface area contributed by atoms with Gasteiger partial charge in [-0.15, -0.1) is 0 Å². The normalized spacial score (nSPS) is 11.0. The molecule has 177 valence electrons. The Labute approximate surface area is 193 Å². The standard InChI is InChI=1S/C26H20F6NO/c1-2-3-4-5-14-10-21(30)24(22(31)11-14)25-23(34)12-20(29)16(26(25)32)7-6-15-8-18(27)17(13-33)19(28)9-15/h8-12H,2-7H2,1H3. The Morgan fingerprint density at radius 1 is 0.706 bits per heavy atom. The number of nitriles is 1. The Hall–Kier alpha value is -3.47. The van der Waals surface area contributed by atoms with Gasteiger partial charge in [0, 0.05) is 11.6 Å². The van der Waals surface area contributed by atoms with Gasteiger partial charge in [-0.25, -0.2) is 26.3 Å². The van der Waals surface area contributed by atoms with E-state index < -0.39 is 69.3 Å². The Balaban J connectivity index is 1.97. The summed E-state index contributed by atoms with van der Waals surface area (Å²) in [6, 6.07) is 5.57. The summed E-state index contributed by atoms with van der Waals surface area (Å²) in [5.41, 5.74) is -2.91. The van der Waals surface area contributed by atoms with E-state index in [2.05, 4.69) is 0 Å². The molecule has 0 saturated heterocycles. The van der Waals surface area contributed by atoms with Gasteiger partial charge in [-0.3, -0.25) is 5.11 Å². The Bertz CT molecular complexity index is 1220. The fourth-order valence-corrected chi connectivity index (χ4v) is 3.83. The van der Waals surface area contributed by atoms with Crippen LogP contribution in [0.2, 0.25) is 0 Å². The number of aryl methyl sites for hydroxylation is 2. The molecule has 0 bridgehead atoms. The van der Waals surface area contributed by atoms with E-state index in [1.165, 1.54) is 6.07 Å². The molecule has 0 aliphatic heterocycles. The van der Waals surface area contributed by atoms with Crippen LogP contribution in [0.25, 0.3) is 11.1 Å². The van der Waals surface area contributed by atoms with Crippen LogP contribution < -0.4 is 0 Å². The lowest BCUT2D eigenvalue weighted by molar-refractivity contribution is 0.349. The summed E-state index contributed by atoms with van der Waals surface area (Å²) < 4.78 is 86.8. The monoisotopic (exact) mass is 476 g/mol. The minimum Gasteiger partial charge on any atom is -0.289 e. The van der Waals surface area contributed by atoms with E-state index in [9.17, 15) is 27.1 Å². The lowest BCUT2D eigenvalue weighted by Gasteiger charge is -2.14. The summed E-state index contributed by atoms with van der Waals surface area (Å²) in [5, 5.41) is 21.0. The first-order valence-corrected chi connectivity index (χ1v) is 10.7. The molecule has 2 nitrogen and oxygen atoms in total. The zero-order chi connectivity index (χ0) is 25.0. The van der Waals surface area contributed by atoms with Crippen molar-refractivity contribution in [3.63, 3.8) is 0 Å². The molecule has 3 rings (SSSR count). The molecule has 0 heterocycles. The maximum absolute atomic E-state index is 15.2. The minimum atomic E-state index is -1.43. The highest BCUT2D eigenvalue weighted by atomic mass is 19.2. The van der Waals surface area contributed by atoms with Gasteiger partial charge in [-0.1, -0.05) is 19.8 Å². The molecule has 0 aliphatic carbocycles. The quantitative estimate of drug-likeness (QED) is 0.242. The molecule has 0 saturated carbocycles. The predicted molar refractivity (Wildman–Crippen MR) is 114 cm³/mol.